The standard InChI is InChI=1S/C13H14ClN3O/c1-10(11-3-5-12(14)6-4-11)16-13(18)9-17-8-2-7-15-17/h2-8,10H,9H2,1H3,(H,16,18). The van der Waals surface area contributed by atoms with Crippen LogP contribution in [-0.4, -0.2) is 15.7 Å². The first-order valence-corrected chi connectivity index (χ1v) is 6.05. The van der Waals surface area contributed by atoms with Crippen molar-refractivity contribution in [1.29, 1.82) is 0 Å². The van der Waals surface area contributed by atoms with Crippen molar-refractivity contribution in [2.45, 2.75) is 19.5 Å². The van der Waals surface area contributed by atoms with E-state index in [0.717, 1.165) is 5.56 Å². The zero-order valence-corrected chi connectivity index (χ0v) is 10.8. The molecule has 1 atom stereocenters. The van der Waals surface area contributed by atoms with Crippen LogP contribution in [-0.2, 0) is 11.3 Å². The molecule has 94 valence electrons. The van der Waals surface area contributed by atoms with E-state index in [1.807, 2.05) is 31.2 Å². The summed E-state index contributed by atoms with van der Waals surface area (Å²) in [7, 11) is 0. The van der Waals surface area contributed by atoms with Crippen LogP contribution >= 0.6 is 11.6 Å². The third kappa shape index (κ3) is 3.34. The lowest BCUT2D eigenvalue weighted by Crippen LogP contribution is -2.30. The Labute approximate surface area is 111 Å². The summed E-state index contributed by atoms with van der Waals surface area (Å²) < 4.78 is 1.59. The molecule has 1 heterocycles. The molecule has 0 radical (unpaired) electrons. The lowest BCUT2D eigenvalue weighted by Gasteiger charge is -2.14. The molecule has 4 nitrogen and oxygen atoms in total. The average molecular weight is 264 g/mol. The van der Waals surface area contributed by atoms with Crippen LogP contribution in [0.1, 0.15) is 18.5 Å². The van der Waals surface area contributed by atoms with Gasteiger partial charge in [-0.05, 0) is 30.7 Å². The molecule has 0 saturated carbocycles. The molecule has 0 fully saturated rings. The molecule has 0 aliphatic rings. The van der Waals surface area contributed by atoms with Crippen LogP contribution in [0.5, 0.6) is 0 Å². The fourth-order valence-electron chi connectivity index (χ4n) is 1.66. The Hall–Kier alpha value is -1.81. The van der Waals surface area contributed by atoms with E-state index in [1.165, 1.54) is 0 Å². The summed E-state index contributed by atoms with van der Waals surface area (Å²) in [5, 5.41) is 7.59. The Morgan fingerprint density at radius 3 is 2.78 bits per heavy atom. The van der Waals surface area contributed by atoms with Gasteiger partial charge >= 0.3 is 0 Å². The van der Waals surface area contributed by atoms with E-state index in [-0.39, 0.29) is 18.5 Å². The maximum absolute atomic E-state index is 11.8. The Morgan fingerprint density at radius 2 is 2.17 bits per heavy atom. The van der Waals surface area contributed by atoms with Gasteiger partial charge in [0.1, 0.15) is 6.54 Å². The molecule has 2 aromatic rings. The normalized spacial score (nSPS) is 12.1. The molecular formula is C13H14ClN3O. The van der Waals surface area contributed by atoms with Crippen molar-refractivity contribution in [3.05, 3.63) is 53.3 Å². The Balaban J connectivity index is 1.92. The van der Waals surface area contributed by atoms with Gasteiger partial charge in [-0.15, -0.1) is 0 Å². The zero-order valence-electron chi connectivity index (χ0n) is 10.0. The Bertz CT molecular complexity index is 508. The van der Waals surface area contributed by atoms with E-state index in [4.69, 9.17) is 11.6 Å². The summed E-state index contributed by atoms with van der Waals surface area (Å²) in [5.74, 6) is -0.0684. The van der Waals surface area contributed by atoms with Crippen LogP contribution in [0.2, 0.25) is 5.02 Å². The van der Waals surface area contributed by atoms with Gasteiger partial charge in [-0.2, -0.15) is 5.10 Å². The number of carbonyl (C=O) groups excluding carboxylic acids is 1. The van der Waals surface area contributed by atoms with Gasteiger partial charge in [-0.3, -0.25) is 9.48 Å². The van der Waals surface area contributed by atoms with E-state index < -0.39 is 0 Å². The van der Waals surface area contributed by atoms with Gasteiger partial charge in [0.15, 0.2) is 0 Å². The highest BCUT2D eigenvalue weighted by Crippen LogP contribution is 2.15. The van der Waals surface area contributed by atoms with E-state index in [2.05, 4.69) is 10.4 Å². The van der Waals surface area contributed by atoms with E-state index in [1.54, 1.807) is 23.1 Å². The molecule has 0 spiro atoms. The van der Waals surface area contributed by atoms with Crippen LogP contribution in [0.4, 0.5) is 0 Å². The SMILES string of the molecule is CC(NC(=O)Cn1cccn1)c1ccc(Cl)cc1. The summed E-state index contributed by atoms with van der Waals surface area (Å²) in [4.78, 5) is 11.8. The first-order valence-electron chi connectivity index (χ1n) is 5.67. The number of amides is 1. The molecule has 1 aromatic heterocycles. The summed E-state index contributed by atoms with van der Waals surface area (Å²) in [6.07, 6.45) is 3.41. The first-order chi connectivity index (χ1) is 8.65. The number of nitrogens with zero attached hydrogens (tertiary/aromatic N) is 2. The van der Waals surface area contributed by atoms with Gasteiger partial charge < -0.3 is 5.32 Å². The van der Waals surface area contributed by atoms with E-state index in [9.17, 15) is 4.79 Å². The predicted molar refractivity (Wildman–Crippen MR) is 70.2 cm³/mol. The maximum Gasteiger partial charge on any atom is 0.242 e. The summed E-state index contributed by atoms with van der Waals surface area (Å²) in [5.41, 5.74) is 1.02. The van der Waals surface area contributed by atoms with Crippen LogP contribution in [0.25, 0.3) is 0 Å². The number of aromatic nitrogens is 2. The summed E-state index contributed by atoms with van der Waals surface area (Å²) in [6.45, 7) is 2.16. The van der Waals surface area contributed by atoms with Crippen molar-refractivity contribution in [1.82, 2.24) is 15.1 Å². The van der Waals surface area contributed by atoms with Crippen LogP contribution in [0, 0.1) is 0 Å². The molecule has 0 aliphatic heterocycles. The van der Waals surface area contributed by atoms with Gasteiger partial charge in [-0.1, -0.05) is 23.7 Å². The smallest absolute Gasteiger partial charge is 0.242 e. The number of halogens is 1. The van der Waals surface area contributed by atoms with E-state index >= 15 is 0 Å². The van der Waals surface area contributed by atoms with Crippen molar-refractivity contribution in [2.24, 2.45) is 0 Å². The maximum atomic E-state index is 11.8. The molecule has 0 bridgehead atoms. The summed E-state index contributed by atoms with van der Waals surface area (Å²) in [6, 6.07) is 9.17. The molecule has 1 N–H and O–H groups in total. The topological polar surface area (TPSA) is 46.9 Å². The molecule has 1 amide bonds. The highest BCUT2D eigenvalue weighted by molar-refractivity contribution is 6.30. The van der Waals surface area contributed by atoms with Crippen molar-refractivity contribution in [3.63, 3.8) is 0 Å². The molecule has 2 rings (SSSR count). The third-order valence-electron chi connectivity index (χ3n) is 2.61. The van der Waals surface area contributed by atoms with Gasteiger partial charge in [0.25, 0.3) is 0 Å². The number of carbonyl (C=O) groups is 1. The van der Waals surface area contributed by atoms with Crippen molar-refractivity contribution in [2.75, 3.05) is 0 Å². The second kappa shape index (κ2) is 5.69. The van der Waals surface area contributed by atoms with Crippen molar-refractivity contribution >= 4 is 17.5 Å². The second-order valence-corrected chi connectivity index (χ2v) is 4.48. The molecule has 0 aliphatic carbocycles. The lowest BCUT2D eigenvalue weighted by molar-refractivity contribution is -0.122. The lowest BCUT2D eigenvalue weighted by atomic mass is 10.1. The Morgan fingerprint density at radius 1 is 1.44 bits per heavy atom. The highest BCUT2D eigenvalue weighted by atomic mass is 35.5. The number of rotatable bonds is 4. The van der Waals surface area contributed by atoms with Gasteiger partial charge in [-0.25, -0.2) is 0 Å². The Kier molecular flexibility index (Phi) is 3.99. The van der Waals surface area contributed by atoms with Crippen LogP contribution in [0.15, 0.2) is 42.7 Å². The average Bonchev–Trinajstić information content (AvgIpc) is 2.82. The number of hydrogen-bond donors (Lipinski definition) is 1. The second-order valence-electron chi connectivity index (χ2n) is 4.04. The van der Waals surface area contributed by atoms with Crippen LogP contribution < -0.4 is 5.32 Å². The number of benzene rings is 1. The minimum absolute atomic E-state index is 0.0506. The first kappa shape index (κ1) is 12.6. The van der Waals surface area contributed by atoms with Crippen molar-refractivity contribution in [3.8, 4) is 0 Å². The van der Waals surface area contributed by atoms with Crippen molar-refractivity contribution < 1.29 is 4.79 Å². The zero-order chi connectivity index (χ0) is 13.0. The minimum Gasteiger partial charge on any atom is -0.348 e. The molecule has 5 heteroatoms. The molecule has 1 aromatic carbocycles. The van der Waals surface area contributed by atoms with Gasteiger partial charge in [0.05, 0.1) is 6.04 Å². The predicted octanol–water partition coefficient (Wildman–Crippen LogP) is 2.41. The molecule has 0 saturated heterocycles. The molecule has 1 unspecified atom stereocenters. The number of hydrogen-bond acceptors (Lipinski definition) is 2. The van der Waals surface area contributed by atoms with E-state index in [0.29, 0.717) is 5.02 Å². The number of nitrogens with one attached hydrogen (secondary N) is 1. The molecular weight excluding hydrogens is 250 g/mol. The summed E-state index contributed by atoms with van der Waals surface area (Å²) >= 11 is 5.82. The van der Waals surface area contributed by atoms with Crippen LogP contribution in [0.3, 0.4) is 0 Å². The fourth-order valence-corrected chi connectivity index (χ4v) is 1.79. The van der Waals surface area contributed by atoms with Gasteiger partial charge in [0, 0.05) is 17.4 Å². The molecule has 18 heavy (non-hydrogen) atoms. The minimum atomic E-state index is -0.0684. The third-order valence-corrected chi connectivity index (χ3v) is 2.86. The largest absolute Gasteiger partial charge is 0.348 e. The quantitative estimate of drug-likeness (QED) is 0.921. The van der Waals surface area contributed by atoms with Gasteiger partial charge in [0.2, 0.25) is 5.91 Å². The monoisotopic (exact) mass is 263 g/mol. The highest BCUT2D eigenvalue weighted by Gasteiger charge is 2.09. The fraction of sp³-hybridized carbons (Fsp3) is 0.231.